The summed E-state index contributed by atoms with van der Waals surface area (Å²) in [6.45, 7) is 7.85. The summed E-state index contributed by atoms with van der Waals surface area (Å²) in [6, 6.07) is 4.43. The van der Waals surface area contributed by atoms with Crippen molar-refractivity contribution < 1.29 is 8.71 Å². The van der Waals surface area contributed by atoms with Gasteiger partial charge in [0.15, 0.2) is 0 Å². The van der Waals surface area contributed by atoms with Gasteiger partial charge in [0.25, 0.3) is 0 Å². The third-order valence-corrected chi connectivity index (χ3v) is 3.50. The van der Waals surface area contributed by atoms with E-state index >= 15 is 0 Å². The van der Waals surface area contributed by atoms with E-state index in [-0.39, 0.29) is 5.56 Å². The Kier molecular flexibility index (Phi) is 5.53. The minimum atomic E-state index is -1.38. The van der Waals surface area contributed by atoms with E-state index in [2.05, 4.69) is 18.5 Å². The first-order valence-electron chi connectivity index (χ1n) is 7.32. The minimum Gasteiger partial charge on any atom is -0.361 e. The van der Waals surface area contributed by atoms with Crippen molar-refractivity contribution in [1.82, 2.24) is 5.32 Å². The number of allylic oxidation sites excluding steroid dienone is 7. The predicted octanol–water partition coefficient (Wildman–Crippen LogP) is 4.24. The molecule has 0 unspecified atom stereocenters. The van der Waals surface area contributed by atoms with Crippen LogP contribution in [0.5, 0.6) is 0 Å². The molecule has 1 aliphatic rings. The molecule has 1 aromatic rings. The van der Waals surface area contributed by atoms with Gasteiger partial charge < -0.3 is 9.63 Å². The second-order valence-electron chi connectivity index (χ2n) is 4.96. The quantitative estimate of drug-likeness (QED) is 0.634. The van der Waals surface area contributed by atoms with Gasteiger partial charge in [0.1, 0.15) is 5.82 Å². The van der Waals surface area contributed by atoms with Gasteiger partial charge in [-0.25, -0.2) is 4.39 Å². The topological polar surface area (TPSA) is 12.0 Å². The van der Waals surface area contributed by atoms with Crippen LogP contribution < -0.4 is 10.8 Å². The number of halogens is 2. The highest BCUT2D eigenvalue weighted by molar-refractivity contribution is 6.72. The lowest BCUT2D eigenvalue weighted by atomic mass is 9.63. The fraction of sp³-hybridized carbons (Fsp3) is 0.0526. The summed E-state index contributed by atoms with van der Waals surface area (Å²) >= 11 is 0. The van der Waals surface area contributed by atoms with Crippen molar-refractivity contribution in [3.63, 3.8) is 0 Å². The largest absolute Gasteiger partial charge is 0.407 e. The van der Waals surface area contributed by atoms with E-state index in [0.29, 0.717) is 16.7 Å². The van der Waals surface area contributed by atoms with E-state index in [1.165, 1.54) is 24.3 Å². The van der Waals surface area contributed by atoms with E-state index in [1.807, 2.05) is 19.1 Å². The second-order valence-corrected chi connectivity index (χ2v) is 4.96. The molecule has 0 bridgehead atoms. The standard InChI is InChI=1S/C19H18BF2N/c1-4-8-14(9-5-2)15-12-13-20(22)16-10-7-11-17(21)18(16)19(15)23-6-3/h4-13,23H,1,3H2,2H3/b9-5-,14-8+. The maximum Gasteiger partial charge on any atom is 0.407 e. The molecule has 1 heterocycles. The lowest BCUT2D eigenvalue weighted by molar-refractivity contribution is 0.624. The molecule has 0 radical (unpaired) electrons. The summed E-state index contributed by atoms with van der Waals surface area (Å²) in [7, 11) is 0. The highest BCUT2D eigenvalue weighted by Gasteiger charge is 2.26. The Balaban J connectivity index is 2.83. The molecule has 0 aliphatic carbocycles. The number of fused-ring (bicyclic) bond motifs is 1. The zero-order chi connectivity index (χ0) is 16.8. The first-order chi connectivity index (χ1) is 11.1. The Bertz CT molecular complexity index is 742. The molecule has 0 fully saturated rings. The van der Waals surface area contributed by atoms with Crippen LogP contribution in [0.15, 0.2) is 85.1 Å². The maximum atomic E-state index is 14.4. The molecule has 116 valence electrons. The van der Waals surface area contributed by atoms with Crippen LogP contribution in [0, 0.1) is 5.82 Å². The number of hydrogen-bond acceptors (Lipinski definition) is 1. The Morgan fingerprint density at radius 1 is 1.30 bits per heavy atom. The molecule has 0 saturated carbocycles. The van der Waals surface area contributed by atoms with Gasteiger partial charge in [-0.05, 0) is 30.2 Å². The van der Waals surface area contributed by atoms with Crippen molar-refractivity contribution in [3.05, 3.63) is 96.4 Å². The van der Waals surface area contributed by atoms with Crippen LogP contribution >= 0.6 is 0 Å². The Labute approximate surface area is 136 Å². The first kappa shape index (κ1) is 16.8. The molecule has 1 aromatic carbocycles. The fourth-order valence-electron chi connectivity index (χ4n) is 2.57. The van der Waals surface area contributed by atoms with E-state index in [1.54, 1.807) is 24.3 Å². The highest BCUT2D eigenvalue weighted by Crippen LogP contribution is 2.28. The van der Waals surface area contributed by atoms with E-state index in [0.717, 1.165) is 5.57 Å². The van der Waals surface area contributed by atoms with Crippen LogP contribution in [0.2, 0.25) is 0 Å². The minimum absolute atomic E-state index is 0.222. The predicted molar refractivity (Wildman–Crippen MR) is 95.4 cm³/mol. The molecular weight excluding hydrogens is 291 g/mol. The van der Waals surface area contributed by atoms with Crippen molar-refractivity contribution in [2.24, 2.45) is 0 Å². The van der Waals surface area contributed by atoms with Gasteiger partial charge in [0, 0.05) is 11.1 Å². The van der Waals surface area contributed by atoms with Crippen molar-refractivity contribution in [3.8, 4) is 0 Å². The summed E-state index contributed by atoms with van der Waals surface area (Å²) in [5.41, 5.74) is 2.47. The van der Waals surface area contributed by atoms with Gasteiger partial charge >= 0.3 is 6.99 Å². The molecule has 2 rings (SSSR count). The van der Waals surface area contributed by atoms with Crippen LogP contribution in [0.1, 0.15) is 12.5 Å². The summed E-state index contributed by atoms with van der Waals surface area (Å²) < 4.78 is 28.9. The van der Waals surface area contributed by atoms with Crippen molar-refractivity contribution in [1.29, 1.82) is 0 Å². The second kappa shape index (κ2) is 7.59. The number of nitrogens with one attached hydrogen (secondary N) is 1. The third kappa shape index (κ3) is 3.42. The summed E-state index contributed by atoms with van der Waals surface area (Å²) in [5, 5.41) is 2.97. The summed E-state index contributed by atoms with van der Waals surface area (Å²) in [4.78, 5) is 0. The molecule has 1 aliphatic heterocycles. The Morgan fingerprint density at radius 3 is 2.74 bits per heavy atom. The maximum absolute atomic E-state index is 14.4. The Morgan fingerprint density at radius 2 is 2.09 bits per heavy atom. The molecule has 1 N–H and O–H groups in total. The molecule has 4 heteroatoms. The highest BCUT2D eigenvalue weighted by atomic mass is 19.1. The molecule has 0 spiro atoms. The number of hydrogen-bond donors (Lipinski definition) is 1. The summed E-state index contributed by atoms with van der Waals surface area (Å²) in [5.74, 6) is 0.945. The fourth-order valence-corrected chi connectivity index (χ4v) is 2.57. The van der Waals surface area contributed by atoms with Crippen LogP contribution in [0.25, 0.3) is 5.70 Å². The zero-order valence-electron chi connectivity index (χ0n) is 13.0. The van der Waals surface area contributed by atoms with Crippen LogP contribution in [-0.2, 0) is 0 Å². The molecule has 1 nitrogen and oxygen atoms in total. The van der Waals surface area contributed by atoms with E-state index < -0.39 is 12.8 Å². The number of rotatable bonds is 5. The lowest BCUT2D eigenvalue weighted by Gasteiger charge is -2.16. The molecule has 0 aromatic heterocycles. The Hall–Kier alpha value is -2.62. The SMILES string of the molecule is C=C/C=C(\C=C/C)C1=C(NC=C)c2c(F)cccc2B(F)C=C1. The molecule has 23 heavy (non-hydrogen) atoms. The van der Waals surface area contributed by atoms with Crippen molar-refractivity contribution >= 4 is 18.1 Å². The molecule has 0 amide bonds. The van der Waals surface area contributed by atoms with Gasteiger partial charge in [0.2, 0.25) is 0 Å². The average Bonchev–Trinajstić information content (AvgIpc) is 2.67. The van der Waals surface area contributed by atoms with Crippen LogP contribution in [0.3, 0.4) is 0 Å². The smallest absolute Gasteiger partial charge is 0.361 e. The molecule has 0 atom stereocenters. The normalized spacial score (nSPS) is 14.7. The molecule has 0 saturated heterocycles. The van der Waals surface area contributed by atoms with Gasteiger partial charge in [-0.1, -0.05) is 61.6 Å². The number of benzene rings is 1. The van der Waals surface area contributed by atoms with Gasteiger partial charge in [-0.3, -0.25) is 0 Å². The average molecular weight is 309 g/mol. The first-order valence-corrected chi connectivity index (χ1v) is 7.32. The van der Waals surface area contributed by atoms with E-state index in [4.69, 9.17) is 0 Å². The third-order valence-electron chi connectivity index (χ3n) is 3.50. The van der Waals surface area contributed by atoms with Crippen LogP contribution in [0.4, 0.5) is 8.71 Å². The molecular formula is C19H18BF2N. The van der Waals surface area contributed by atoms with Gasteiger partial charge in [-0.2, -0.15) is 0 Å². The zero-order valence-corrected chi connectivity index (χ0v) is 13.0. The summed E-state index contributed by atoms with van der Waals surface area (Å²) in [6.07, 6.45) is 10.3. The monoisotopic (exact) mass is 309 g/mol. The lowest BCUT2D eigenvalue weighted by Crippen LogP contribution is -2.29. The van der Waals surface area contributed by atoms with Crippen LogP contribution in [-0.4, -0.2) is 6.99 Å². The van der Waals surface area contributed by atoms with Crippen molar-refractivity contribution in [2.75, 3.05) is 0 Å². The van der Waals surface area contributed by atoms with E-state index in [9.17, 15) is 8.71 Å². The van der Waals surface area contributed by atoms with Crippen molar-refractivity contribution in [2.45, 2.75) is 6.92 Å². The van der Waals surface area contributed by atoms with Gasteiger partial charge in [0.05, 0.1) is 5.70 Å². The van der Waals surface area contributed by atoms with Gasteiger partial charge in [-0.15, -0.1) is 0 Å².